The number of nitrogens with zero attached hydrogens (tertiary/aromatic N) is 1. The van der Waals surface area contributed by atoms with Gasteiger partial charge in [-0.05, 0) is 12.7 Å². The molecule has 1 N–H and O–H groups in total. The van der Waals surface area contributed by atoms with E-state index in [9.17, 15) is 14.9 Å². The SMILES string of the molecule is C=C(/C=C\C(=C)[N+](=O)[O-])C(=O)NC. The lowest BCUT2D eigenvalue weighted by Crippen LogP contribution is -2.18. The molecule has 0 heterocycles. The summed E-state index contributed by atoms with van der Waals surface area (Å²) < 4.78 is 0. The number of hydrogen-bond acceptors (Lipinski definition) is 3. The molecule has 0 aliphatic carbocycles. The number of hydrogen-bond donors (Lipinski definition) is 1. The van der Waals surface area contributed by atoms with Gasteiger partial charge in [-0.1, -0.05) is 6.58 Å². The summed E-state index contributed by atoms with van der Waals surface area (Å²) in [6, 6.07) is 0. The van der Waals surface area contributed by atoms with Crippen LogP contribution in [0.25, 0.3) is 0 Å². The predicted octanol–water partition coefficient (Wildman–Crippen LogP) is 0.635. The predicted molar refractivity (Wildman–Crippen MR) is 48.5 cm³/mol. The number of nitro groups is 1. The molecule has 0 radical (unpaired) electrons. The average molecular weight is 182 g/mol. The summed E-state index contributed by atoms with van der Waals surface area (Å²) in [6.45, 7) is 6.55. The minimum atomic E-state index is -0.645. The van der Waals surface area contributed by atoms with Crippen molar-refractivity contribution in [2.45, 2.75) is 0 Å². The van der Waals surface area contributed by atoms with Crippen molar-refractivity contribution in [2.75, 3.05) is 7.05 Å². The van der Waals surface area contributed by atoms with Gasteiger partial charge in [-0.2, -0.15) is 0 Å². The summed E-state index contributed by atoms with van der Waals surface area (Å²) in [5, 5.41) is 12.4. The Morgan fingerprint density at radius 2 is 2.00 bits per heavy atom. The zero-order valence-corrected chi connectivity index (χ0v) is 7.24. The lowest BCUT2D eigenvalue weighted by molar-refractivity contribution is -0.418. The Hall–Kier alpha value is -1.91. The van der Waals surface area contributed by atoms with Crippen LogP contribution in [0, 0.1) is 10.1 Å². The van der Waals surface area contributed by atoms with Gasteiger partial charge in [0.25, 0.3) is 5.70 Å². The molecule has 0 spiro atoms. The first-order valence-electron chi connectivity index (χ1n) is 3.41. The maximum atomic E-state index is 10.8. The van der Waals surface area contributed by atoms with Crippen molar-refractivity contribution in [1.82, 2.24) is 5.32 Å². The molecule has 5 nitrogen and oxygen atoms in total. The molecular formula is C8H10N2O3. The number of allylic oxidation sites excluding steroid dienone is 1. The molecule has 0 unspecified atom stereocenters. The zero-order chi connectivity index (χ0) is 10.4. The van der Waals surface area contributed by atoms with Crippen LogP contribution in [0.3, 0.4) is 0 Å². The molecule has 5 heteroatoms. The molecule has 0 aromatic rings. The minimum absolute atomic E-state index is 0.144. The first-order valence-corrected chi connectivity index (χ1v) is 3.41. The van der Waals surface area contributed by atoms with Gasteiger partial charge < -0.3 is 5.32 Å². The summed E-state index contributed by atoms with van der Waals surface area (Å²) in [6.07, 6.45) is 2.36. The van der Waals surface area contributed by atoms with Gasteiger partial charge in [0.05, 0.1) is 4.92 Å². The van der Waals surface area contributed by atoms with Crippen LogP contribution in [-0.4, -0.2) is 17.9 Å². The fourth-order valence-electron chi connectivity index (χ4n) is 0.494. The molecule has 70 valence electrons. The number of amides is 1. The lowest BCUT2D eigenvalue weighted by atomic mass is 10.2. The van der Waals surface area contributed by atoms with Gasteiger partial charge in [0.2, 0.25) is 5.91 Å². The summed E-state index contributed by atoms with van der Waals surface area (Å²) in [5.74, 6) is -0.382. The Bertz CT molecular complexity index is 292. The number of likely N-dealkylation sites (N-methyl/N-ethyl adjacent to an activating group) is 1. The van der Waals surface area contributed by atoms with Crippen molar-refractivity contribution < 1.29 is 9.72 Å². The van der Waals surface area contributed by atoms with Crippen LogP contribution in [-0.2, 0) is 4.79 Å². The highest BCUT2D eigenvalue weighted by Crippen LogP contribution is 1.98. The monoisotopic (exact) mass is 182 g/mol. The molecule has 0 fully saturated rings. The van der Waals surface area contributed by atoms with E-state index in [2.05, 4.69) is 18.5 Å². The van der Waals surface area contributed by atoms with E-state index in [1.54, 1.807) is 0 Å². The third-order valence-corrected chi connectivity index (χ3v) is 1.23. The van der Waals surface area contributed by atoms with Gasteiger partial charge in [-0.15, -0.1) is 0 Å². The Balaban J connectivity index is 4.29. The van der Waals surface area contributed by atoms with E-state index in [1.807, 2.05) is 0 Å². The van der Waals surface area contributed by atoms with Crippen molar-refractivity contribution >= 4 is 5.91 Å². The van der Waals surface area contributed by atoms with Crippen molar-refractivity contribution in [2.24, 2.45) is 0 Å². The second-order valence-corrected chi connectivity index (χ2v) is 2.19. The second kappa shape index (κ2) is 4.87. The van der Waals surface area contributed by atoms with E-state index in [1.165, 1.54) is 13.1 Å². The summed E-state index contributed by atoms with van der Waals surface area (Å²) in [5.41, 5.74) is -0.143. The van der Waals surface area contributed by atoms with Crippen LogP contribution in [0.15, 0.2) is 36.6 Å². The highest BCUT2D eigenvalue weighted by atomic mass is 16.6. The van der Waals surface area contributed by atoms with E-state index in [4.69, 9.17) is 0 Å². The average Bonchev–Trinajstić information content (AvgIpc) is 2.11. The van der Waals surface area contributed by atoms with Gasteiger partial charge >= 0.3 is 0 Å². The van der Waals surface area contributed by atoms with E-state index >= 15 is 0 Å². The summed E-state index contributed by atoms with van der Waals surface area (Å²) >= 11 is 0. The van der Waals surface area contributed by atoms with E-state index in [-0.39, 0.29) is 17.2 Å². The third-order valence-electron chi connectivity index (χ3n) is 1.23. The van der Waals surface area contributed by atoms with Crippen molar-refractivity contribution in [3.05, 3.63) is 46.7 Å². The lowest BCUT2D eigenvalue weighted by Gasteiger charge is -1.95. The number of carbonyl (C=O) groups is 1. The summed E-state index contributed by atoms with van der Waals surface area (Å²) in [7, 11) is 1.45. The van der Waals surface area contributed by atoms with Gasteiger partial charge in [0, 0.05) is 18.7 Å². The maximum absolute atomic E-state index is 10.8. The van der Waals surface area contributed by atoms with Gasteiger partial charge in [-0.25, -0.2) is 0 Å². The maximum Gasteiger partial charge on any atom is 0.262 e. The van der Waals surface area contributed by atoms with Gasteiger partial charge in [0.1, 0.15) is 0 Å². The summed E-state index contributed by atoms with van der Waals surface area (Å²) in [4.78, 5) is 20.3. The van der Waals surface area contributed by atoms with Crippen LogP contribution in [0.1, 0.15) is 0 Å². The molecular weight excluding hydrogens is 172 g/mol. The molecule has 0 saturated heterocycles. The topological polar surface area (TPSA) is 72.2 Å². The van der Waals surface area contributed by atoms with E-state index in [0.717, 1.165) is 6.08 Å². The Kier molecular flexibility index (Phi) is 4.15. The fraction of sp³-hybridized carbons (Fsp3) is 0.125. The molecule has 0 aliphatic heterocycles. The Morgan fingerprint density at radius 1 is 1.46 bits per heavy atom. The molecule has 0 aromatic carbocycles. The Morgan fingerprint density at radius 3 is 2.38 bits per heavy atom. The highest BCUT2D eigenvalue weighted by Gasteiger charge is 2.03. The molecule has 0 aromatic heterocycles. The molecule has 1 amide bonds. The normalized spacial score (nSPS) is 9.62. The number of nitrogens with one attached hydrogen (secondary N) is 1. The smallest absolute Gasteiger partial charge is 0.262 e. The molecule has 0 aliphatic rings. The molecule has 0 saturated carbocycles. The van der Waals surface area contributed by atoms with Crippen molar-refractivity contribution in [3.8, 4) is 0 Å². The number of carbonyl (C=O) groups excluding carboxylic acids is 1. The van der Waals surface area contributed by atoms with Gasteiger partial charge in [-0.3, -0.25) is 14.9 Å². The van der Waals surface area contributed by atoms with Crippen LogP contribution in [0.5, 0.6) is 0 Å². The van der Waals surface area contributed by atoms with Crippen LogP contribution >= 0.6 is 0 Å². The zero-order valence-electron chi connectivity index (χ0n) is 7.24. The van der Waals surface area contributed by atoms with Crippen molar-refractivity contribution in [3.63, 3.8) is 0 Å². The third kappa shape index (κ3) is 3.85. The van der Waals surface area contributed by atoms with Crippen LogP contribution in [0.2, 0.25) is 0 Å². The van der Waals surface area contributed by atoms with Gasteiger partial charge in [0.15, 0.2) is 0 Å². The standard InChI is InChI=1S/C8H10N2O3/c1-6(8(11)9-3)4-5-7(2)10(12)13/h4-5H,1-2H2,3H3,(H,9,11)/b5-4-. The largest absolute Gasteiger partial charge is 0.355 e. The number of rotatable bonds is 4. The molecule has 0 atom stereocenters. The molecule has 13 heavy (non-hydrogen) atoms. The second-order valence-electron chi connectivity index (χ2n) is 2.19. The van der Waals surface area contributed by atoms with E-state index in [0.29, 0.717) is 0 Å². The molecule has 0 bridgehead atoms. The van der Waals surface area contributed by atoms with Crippen LogP contribution in [0.4, 0.5) is 0 Å². The minimum Gasteiger partial charge on any atom is -0.355 e. The first kappa shape index (κ1) is 11.1. The quantitative estimate of drug-likeness (QED) is 0.300. The first-order chi connectivity index (χ1) is 5.99. The highest BCUT2D eigenvalue weighted by molar-refractivity contribution is 5.95. The van der Waals surface area contributed by atoms with Crippen LogP contribution < -0.4 is 5.32 Å². The van der Waals surface area contributed by atoms with Crippen molar-refractivity contribution in [1.29, 1.82) is 0 Å². The Labute approximate surface area is 75.6 Å². The fourth-order valence-corrected chi connectivity index (χ4v) is 0.494. The van der Waals surface area contributed by atoms with E-state index < -0.39 is 4.92 Å². The molecule has 0 rings (SSSR count).